The Bertz CT molecular complexity index is 802. The normalized spacial score (nSPS) is 20.0. The smallest absolute Gasteiger partial charge is 0.285 e. The van der Waals surface area contributed by atoms with Crippen LogP contribution in [-0.4, -0.2) is 62.7 Å². The Hall–Kier alpha value is -1.64. The molecule has 0 aromatic heterocycles. The van der Waals surface area contributed by atoms with Crippen LogP contribution in [0.1, 0.15) is 25.3 Å². The predicted molar refractivity (Wildman–Crippen MR) is 103 cm³/mol. The first-order valence-electron chi connectivity index (χ1n) is 8.48. The van der Waals surface area contributed by atoms with Gasteiger partial charge in [0.25, 0.3) is 10.0 Å². The van der Waals surface area contributed by atoms with E-state index in [1.165, 1.54) is 6.07 Å². The van der Waals surface area contributed by atoms with E-state index in [0.29, 0.717) is 30.4 Å². The summed E-state index contributed by atoms with van der Waals surface area (Å²) in [6, 6.07) is 6.84. The van der Waals surface area contributed by atoms with E-state index < -0.39 is 10.0 Å². The molecule has 1 atom stereocenters. The van der Waals surface area contributed by atoms with Gasteiger partial charge >= 0.3 is 0 Å². The largest absolute Gasteiger partial charge is 0.349 e. The van der Waals surface area contributed by atoms with Crippen molar-refractivity contribution in [1.29, 1.82) is 0 Å². The molecule has 26 heavy (non-hydrogen) atoms. The van der Waals surface area contributed by atoms with Crippen molar-refractivity contribution >= 4 is 34.2 Å². The zero-order valence-electron chi connectivity index (χ0n) is 15.0. The summed E-state index contributed by atoms with van der Waals surface area (Å²) in [5.41, 5.74) is 6.49. The van der Waals surface area contributed by atoms with E-state index in [-0.39, 0.29) is 35.8 Å². The fourth-order valence-electron chi connectivity index (χ4n) is 3.42. The van der Waals surface area contributed by atoms with Gasteiger partial charge in [-0.15, -0.1) is 16.8 Å². The highest BCUT2D eigenvalue weighted by Gasteiger charge is 2.32. The first-order valence-corrected chi connectivity index (χ1v) is 9.92. The average Bonchev–Trinajstić information content (AvgIpc) is 2.87. The Balaban J connectivity index is 0.00000243. The molecule has 144 valence electrons. The molecular formula is C17H25ClN4O3S. The van der Waals surface area contributed by atoms with Gasteiger partial charge in [-0.05, 0) is 37.8 Å². The molecule has 9 heteroatoms. The van der Waals surface area contributed by atoms with Crippen LogP contribution in [0.15, 0.2) is 33.6 Å². The molecule has 1 saturated heterocycles. The number of carbonyl (C=O) groups excluding carboxylic acids is 1. The Kier molecular flexibility index (Phi) is 6.31. The summed E-state index contributed by atoms with van der Waals surface area (Å²) < 4.78 is 28.1. The summed E-state index contributed by atoms with van der Waals surface area (Å²) in [5, 5.41) is 0. The lowest BCUT2D eigenvalue weighted by Crippen LogP contribution is -2.46. The van der Waals surface area contributed by atoms with Crippen LogP contribution < -0.4 is 5.73 Å². The number of piperidine rings is 1. The van der Waals surface area contributed by atoms with Crippen molar-refractivity contribution in [2.24, 2.45) is 16.0 Å². The summed E-state index contributed by atoms with van der Waals surface area (Å²) in [6.45, 7) is 3.50. The maximum absolute atomic E-state index is 12.6. The Morgan fingerprint density at radius 2 is 1.96 bits per heavy atom. The van der Waals surface area contributed by atoms with Gasteiger partial charge in [0.2, 0.25) is 5.91 Å². The topological polar surface area (TPSA) is 96.1 Å². The van der Waals surface area contributed by atoms with Crippen molar-refractivity contribution in [1.82, 2.24) is 9.80 Å². The number of amidine groups is 1. The molecule has 1 aromatic carbocycles. The zero-order valence-corrected chi connectivity index (χ0v) is 16.6. The highest BCUT2D eigenvalue weighted by atomic mass is 35.5. The van der Waals surface area contributed by atoms with Gasteiger partial charge in [-0.25, -0.2) is 0 Å². The lowest BCUT2D eigenvalue weighted by atomic mass is 9.91. The second-order valence-electron chi connectivity index (χ2n) is 6.82. The van der Waals surface area contributed by atoms with E-state index in [2.05, 4.69) is 4.40 Å². The Morgan fingerprint density at radius 3 is 2.58 bits per heavy atom. The molecular weight excluding hydrogens is 376 g/mol. The second kappa shape index (κ2) is 7.94. The minimum Gasteiger partial charge on any atom is -0.349 e. The zero-order chi connectivity index (χ0) is 18.2. The van der Waals surface area contributed by atoms with Crippen molar-refractivity contribution in [3.8, 4) is 0 Å². The van der Waals surface area contributed by atoms with Crippen molar-refractivity contribution < 1.29 is 13.2 Å². The van der Waals surface area contributed by atoms with Gasteiger partial charge < -0.3 is 15.5 Å². The van der Waals surface area contributed by atoms with Crippen LogP contribution in [-0.2, 0) is 14.8 Å². The number of likely N-dealkylation sites (N-methyl/N-ethyl adjacent to an activating group) is 1. The highest BCUT2D eigenvalue weighted by molar-refractivity contribution is 7.90. The second-order valence-corrected chi connectivity index (χ2v) is 8.39. The van der Waals surface area contributed by atoms with Crippen LogP contribution in [0.5, 0.6) is 0 Å². The number of fused-ring (bicyclic) bond motifs is 1. The molecule has 1 fully saturated rings. The Labute approximate surface area is 160 Å². The lowest BCUT2D eigenvalue weighted by molar-refractivity contribution is -0.132. The van der Waals surface area contributed by atoms with Crippen molar-refractivity contribution in [3.63, 3.8) is 0 Å². The quantitative estimate of drug-likeness (QED) is 0.818. The number of halogens is 1. The third kappa shape index (κ3) is 4.02. The standard InChI is InChI=1S/C17H24N4O3S.ClH/c1-12(18)13-7-9-21(10-8-13)16(22)11-20(2)17-14-5-3-4-6-15(14)25(23,24)19-17;/h3-6,12-13H,7-11,18H2,1-2H3;1H. The molecule has 7 nitrogen and oxygen atoms in total. The van der Waals surface area contributed by atoms with Crippen LogP contribution in [0, 0.1) is 5.92 Å². The number of benzene rings is 1. The molecule has 2 heterocycles. The molecule has 0 aliphatic carbocycles. The number of amides is 1. The van der Waals surface area contributed by atoms with Gasteiger partial charge in [-0.2, -0.15) is 8.42 Å². The van der Waals surface area contributed by atoms with Crippen LogP contribution in [0.25, 0.3) is 0 Å². The fraction of sp³-hybridized carbons (Fsp3) is 0.529. The van der Waals surface area contributed by atoms with E-state index in [9.17, 15) is 13.2 Å². The van der Waals surface area contributed by atoms with Gasteiger partial charge in [0.05, 0.1) is 6.54 Å². The van der Waals surface area contributed by atoms with Crippen molar-refractivity contribution in [2.75, 3.05) is 26.7 Å². The SMILES string of the molecule is CC(N)C1CCN(C(=O)CN(C)C2=NS(=O)(=O)c3ccccc32)CC1.Cl. The van der Waals surface area contributed by atoms with Crippen LogP contribution >= 0.6 is 12.4 Å². The molecule has 1 amide bonds. The lowest BCUT2D eigenvalue weighted by Gasteiger charge is -2.34. The summed E-state index contributed by atoms with van der Waals surface area (Å²) in [4.78, 5) is 16.2. The molecule has 1 unspecified atom stereocenters. The van der Waals surface area contributed by atoms with Crippen LogP contribution in [0.2, 0.25) is 0 Å². The number of hydrogen-bond acceptors (Lipinski definition) is 5. The maximum Gasteiger partial charge on any atom is 0.285 e. The summed E-state index contributed by atoms with van der Waals surface area (Å²) >= 11 is 0. The minimum absolute atomic E-state index is 0. The third-order valence-electron chi connectivity index (χ3n) is 4.98. The summed E-state index contributed by atoms with van der Waals surface area (Å²) in [6.07, 6.45) is 1.82. The first-order chi connectivity index (χ1) is 11.8. The highest BCUT2D eigenvalue weighted by Crippen LogP contribution is 2.27. The van der Waals surface area contributed by atoms with E-state index in [0.717, 1.165) is 12.8 Å². The van der Waals surface area contributed by atoms with Crippen LogP contribution in [0.4, 0.5) is 0 Å². The molecule has 0 saturated carbocycles. The summed E-state index contributed by atoms with van der Waals surface area (Å²) in [5.74, 6) is 0.766. The van der Waals surface area contributed by atoms with Crippen molar-refractivity contribution in [2.45, 2.75) is 30.7 Å². The van der Waals surface area contributed by atoms with Gasteiger partial charge in [-0.3, -0.25) is 4.79 Å². The van der Waals surface area contributed by atoms with E-state index >= 15 is 0 Å². The monoisotopic (exact) mass is 400 g/mol. The number of rotatable bonds is 3. The number of nitrogens with two attached hydrogens (primary N) is 1. The molecule has 0 bridgehead atoms. The maximum atomic E-state index is 12.6. The molecule has 2 aliphatic rings. The van der Waals surface area contributed by atoms with Gasteiger partial charge in [-0.1, -0.05) is 12.1 Å². The number of nitrogens with zero attached hydrogens (tertiary/aromatic N) is 3. The average molecular weight is 401 g/mol. The van der Waals surface area contributed by atoms with E-state index in [4.69, 9.17) is 5.73 Å². The molecule has 0 spiro atoms. The fourth-order valence-corrected chi connectivity index (χ4v) is 4.67. The van der Waals surface area contributed by atoms with E-state index in [1.807, 2.05) is 11.8 Å². The molecule has 2 N–H and O–H groups in total. The molecule has 1 aromatic rings. The number of hydrogen-bond donors (Lipinski definition) is 1. The molecule has 2 aliphatic heterocycles. The number of likely N-dealkylation sites (tertiary alicyclic amines) is 1. The Morgan fingerprint density at radius 1 is 1.35 bits per heavy atom. The first kappa shape index (κ1) is 20.7. The van der Waals surface area contributed by atoms with Gasteiger partial charge in [0.15, 0.2) is 5.84 Å². The van der Waals surface area contributed by atoms with Crippen LogP contribution in [0.3, 0.4) is 0 Å². The van der Waals surface area contributed by atoms with Gasteiger partial charge in [0.1, 0.15) is 4.90 Å². The van der Waals surface area contributed by atoms with Crippen molar-refractivity contribution in [3.05, 3.63) is 29.8 Å². The predicted octanol–water partition coefficient (Wildman–Crippen LogP) is 1.07. The summed E-state index contributed by atoms with van der Waals surface area (Å²) in [7, 11) is -1.97. The number of carbonyl (C=O) groups is 1. The molecule has 3 rings (SSSR count). The minimum atomic E-state index is -3.67. The van der Waals surface area contributed by atoms with Gasteiger partial charge in [0, 0.05) is 31.7 Å². The third-order valence-corrected chi connectivity index (χ3v) is 6.31. The number of sulfonamides is 1. The van der Waals surface area contributed by atoms with E-state index in [1.54, 1.807) is 30.1 Å². The molecule has 0 radical (unpaired) electrons.